The summed E-state index contributed by atoms with van der Waals surface area (Å²) in [7, 11) is 0. The first kappa shape index (κ1) is 17.4. The normalized spacial score (nSPS) is 16.6. The van der Waals surface area contributed by atoms with Gasteiger partial charge in [0.05, 0.1) is 19.0 Å². The van der Waals surface area contributed by atoms with Crippen molar-refractivity contribution in [1.29, 1.82) is 0 Å². The molecule has 3 aromatic rings. The Balaban J connectivity index is 1.64. The van der Waals surface area contributed by atoms with Gasteiger partial charge in [-0.2, -0.15) is 5.10 Å². The van der Waals surface area contributed by atoms with Gasteiger partial charge in [0.2, 0.25) is 5.91 Å². The molecule has 0 bridgehead atoms. The lowest BCUT2D eigenvalue weighted by molar-refractivity contribution is -0.135. The monoisotopic (exact) mass is 366 g/mol. The zero-order valence-electron chi connectivity index (χ0n) is 15.7. The Morgan fingerprint density at radius 2 is 2.00 bits per heavy atom. The lowest BCUT2D eigenvalue weighted by atomic mass is 9.99. The van der Waals surface area contributed by atoms with E-state index in [0.717, 1.165) is 11.4 Å². The minimum atomic E-state index is -0.128. The minimum Gasteiger partial charge on any atom is -0.330 e. The summed E-state index contributed by atoms with van der Waals surface area (Å²) < 4.78 is 6.65. The van der Waals surface area contributed by atoms with Gasteiger partial charge in [-0.15, -0.1) is 0 Å². The summed E-state index contributed by atoms with van der Waals surface area (Å²) in [4.78, 5) is 19.6. The number of amides is 1. The number of rotatable bonds is 4. The SMILES string of the molecule is Cc1nonc1CC(=O)N1CCn2nc(-c3ccccc3)nc2[C@@H]1C(C)C. The Labute approximate surface area is 157 Å². The lowest BCUT2D eigenvalue weighted by Gasteiger charge is -2.37. The lowest BCUT2D eigenvalue weighted by Crippen LogP contribution is -2.45. The van der Waals surface area contributed by atoms with Crippen molar-refractivity contribution in [3.63, 3.8) is 0 Å². The first-order valence-electron chi connectivity index (χ1n) is 9.12. The second-order valence-corrected chi connectivity index (χ2v) is 7.13. The Hall–Kier alpha value is -3.03. The molecule has 0 fully saturated rings. The van der Waals surface area contributed by atoms with Crippen LogP contribution in [0.2, 0.25) is 0 Å². The van der Waals surface area contributed by atoms with E-state index in [9.17, 15) is 4.79 Å². The summed E-state index contributed by atoms with van der Waals surface area (Å²) in [5, 5.41) is 12.3. The number of aromatic nitrogens is 5. The molecule has 1 aliphatic rings. The predicted octanol–water partition coefficient (Wildman–Crippen LogP) is 2.42. The van der Waals surface area contributed by atoms with Crippen LogP contribution < -0.4 is 0 Å². The molecule has 0 radical (unpaired) electrons. The molecule has 1 aromatic carbocycles. The largest absolute Gasteiger partial charge is 0.330 e. The molecule has 0 unspecified atom stereocenters. The van der Waals surface area contributed by atoms with Crippen LogP contribution in [0.4, 0.5) is 0 Å². The van der Waals surface area contributed by atoms with E-state index in [4.69, 9.17) is 9.61 Å². The summed E-state index contributed by atoms with van der Waals surface area (Å²) in [6, 6.07) is 9.77. The molecule has 8 nitrogen and oxygen atoms in total. The zero-order valence-corrected chi connectivity index (χ0v) is 15.7. The highest BCUT2D eigenvalue weighted by molar-refractivity contribution is 5.79. The Bertz CT molecular complexity index is 946. The molecule has 0 saturated carbocycles. The average molecular weight is 366 g/mol. The number of nitrogens with zero attached hydrogens (tertiary/aromatic N) is 6. The van der Waals surface area contributed by atoms with E-state index >= 15 is 0 Å². The predicted molar refractivity (Wildman–Crippen MR) is 97.5 cm³/mol. The van der Waals surface area contributed by atoms with Crippen molar-refractivity contribution in [1.82, 2.24) is 30.0 Å². The third-order valence-electron chi connectivity index (χ3n) is 4.90. The first-order valence-corrected chi connectivity index (χ1v) is 9.12. The molecule has 27 heavy (non-hydrogen) atoms. The number of carbonyl (C=O) groups excluding carboxylic acids is 1. The molecule has 1 aliphatic heterocycles. The fraction of sp³-hybridized carbons (Fsp3) is 0.421. The van der Waals surface area contributed by atoms with Crippen LogP contribution in [0, 0.1) is 12.8 Å². The van der Waals surface area contributed by atoms with Crippen molar-refractivity contribution in [2.45, 2.75) is 39.8 Å². The van der Waals surface area contributed by atoms with E-state index in [1.165, 1.54) is 0 Å². The zero-order chi connectivity index (χ0) is 19.0. The van der Waals surface area contributed by atoms with Gasteiger partial charge in [0, 0.05) is 12.1 Å². The third-order valence-corrected chi connectivity index (χ3v) is 4.90. The van der Waals surface area contributed by atoms with E-state index in [1.54, 1.807) is 6.92 Å². The van der Waals surface area contributed by atoms with E-state index in [0.29, 0.717) is 30.3 Å². The standard InChI is InChI=1S/C19H22N6O2/c1-12(2)17-19-20-18(14-7-5-4-6-8-14)21-25(19)10-9-24(17)16(26)11-15-13(3)22-27-23-15/h4-8,12,17H,9-11H2,1-3H3/t17-/m0/s1. The van der Waals surface area contributed by atoms with Crippen molar-refractivity contribution in [2.24, 2.45) is 5.92 Å². The fourth-order valence-corrected chi connectivity index (χ4v) is 3.52. The molecule has 4 rings (SSSR count). The topological polar surface area (TPSA) is 89.9 Å². The van der Waals surface area contributed by atoms with Crippen molar-refractivity contribution in [2.75, 3.05) is 6.54 Å². The maximum Gasteiger partial charge on any atom is 0.229 e. The molecule has 0 saturated heterocycles. The van der Waals surface area contributed by atoms with Crippen LogP contribution in [-0.4, -0.2) is 42.4 Å². The second-order valence-electron chi connectivity index (χ2n) is 7.13. The Morgan fingerprint density at radius 1 is 1.22 bits per heavy atom. The summed E-state index contributed by atoms with van der Waals surface area (Å²) in [6.45, 7) is 7.20. The second kappa shape index (κ2) is 6.94. The van der Waals surface area contributed by atoms with Crippen molar-refractivity contribution in [3.8, 4) is 11.4 Å². The number of benzene rings is 1. The van der Waals surface area contributed by atoms with Gasteiger partial charge in [-0.1, -0.05) is 54.5 Å². The van der Waals surface area contributed by atoms with Crippen LogP contribution >= 0.6 is 0 Å². The first-order chi connectivity index (χ1) is 13.0. The summed E-state index contributed by atoms with van der Waals surface area (Å²) in [5.41, 5.74) is 2.21. The van der Waals surface area contributed by atoms with Crippen molar-refractivity contribution >= 4 is 5.91 Å². The van der Waals surface area contributed by atoms with Gasteiger partial charge >= 0.3 is 0 Å². The molecule has 1 atom stereocenters. The highest BCUT2D eigenvalue weighted by Gasteiger charge is 2.36. The molecule has 3 heterocycles. The molecule has 140 valence electrons. The molecule has 2 aromatic heterocycles. The molecule has 1 amide bonds. The number of carbonyl (C=O) groups is 1. The van der Waals surface area contributed by atoms with Crippen LogP contribution in [-0.2, 0) is 17.8 Å². The quantitative estimate of drug-likeness (QED) is 0.704. The van der Waals surface area contributed by atoms with Gasteiger partial charge < -0.3 is 4.90 Å². The van der Waals surface area contributed by atoms with Gasteiger partial charge in [-0.05, 0) is 12.8 Å². The van der Waals surface area contributed by atoms with E-state index in [1.807, 2.05) is 39.9 Å². The minimum absolute atomic E-state index is 0.00279. The number of hydrogen-bond donors (Lipinski definition) is 0. The molecule has 0 spiro atoms. The summed E-state index contributed by atoms with van der Waals surface area (Å²) in [5.74, 6) is 1.74. The van der Waals surface area contributed by atoms with Crippen molar-refractivity contribution < 1.29 is 9.42 Å². The van der Waals surface area contributed by atoms with Gasteiger partial charge in [-0.3, -0.25) is 4.79 Å². The van der Waals surface area contributed by atoms with Gasteiger partial charge in [0.1, 0.15) is 11.4 Å². The van der Waals surface area contributed by atoms with Crippen LogP contribution in [0.3, 0.4) is 0 Å². The fourth-order valence-electron chi connectivity index (χ4n) is 3.52. The maximum absolute atomic E-state index is 13.0. The van der Waals surface area contributed by atoms with E-state index < -0.39 is 0 Å². The summed E-state index contributed by atoms with van der Waals surface area (Å²) >= 11 is 0. The van der Waals surface area contributed by atoms with E-state index in [-0.39, 0.29) is 24.3 Å². The maximum atomic E-state index is 13.0. The smallest absolute Gasteiger partial charge is 0.229 e. The average Bonchev–Trinajstić information content (AvgIpc) is 3.27. The van der Waals surface area contributed by atoms with Crippen LogP contribution in [0.1, 0.15) is 37.1 Å². The summed E-state index contributed by atoms with van der Waals surface area (Å²) in [6.07, 6.45) is 0.179. The van der Waals surface area contributed by atoms with Crippen LogP contribution in [0.5, 0.6) is 0 Å². The van der Waals surface area contributed by atoms with Crippen molar-refractivity contribution in [3.05, 3.63) is 47.5 Å². The van der Waals surface area contributed by atoms with Gasteiger partial charge in [-0.25, -0.2) is 14.3 Å². The number of aryl methyl sites for hydroxylation is 1. The van der Waals surface area contributed by atoms with Crippen LogP contribution in [0.25, 0.3) is 11.4 Å². The molecular formula is C19H22N6O2. The molecular weight excluding hydrogens is 344 g/mol. The van der Waals surface area contributed by atoms with Gasteiger partial charge in [0.25, 0.3) is 0 Å². The molecule has 0 N–H and O–H groups in total. The highest BCUT2D eigenvalue weighted by Crippen LogP contribution is 2.32. The van der Waals surface area contributed by atoms with Crippen LogP contribution in [0.15, 0.2) is 35.0 Å². The Kier molecular flexibility index (Phi) is 4.47. The van der Waals surface area contributed by atoms with E-state index in [2.05, 4.69) is 29.3 Å². The van der Waals surface area contributed by atoms with Gasteiger partial charge in [0.15, 0.2) is 11.6 Å². The third kappa shape index (κ3) is 3.22. The number of fused-ring (bicyclic) bond motifs is 1. The number of hydrogen-bond acceptors (Lipinski definition) is 6. The molecule has 0 aliphatic carbocycles. The molecule has 8 heteroatoms. The Morgan fingerprint density at radius 3 is 2.67 bits per heavy atom. The highest BCUT2D eigenvalue weighted by atomic mass is 16.6.